The summed E-state index contributed by atoms with van der Waals surface area (Å²) in [5.74, 6) is 0. The van der Waals surface area contributed by atoms with E-state index in [1.807, 2.05) is 12.1 Å². The predicted octanol–water partition coefficient (Wildman–Crippen LogP) is 1.96. The maximum Gasteiger partial charge on any atom is 0.405 e. The van der Waals surface area contributed by atoms with Crippen LogP contribution in [-0.4, -0.2) is 22.4 Å². The molecule has 0 spiro atoms. The van der Waals surface area contributed by atoms with E-state index in [0.29, 0.717) is 17.0 Å². The van der Waals surface area contributed by atoms with E-state index in [-0.39, 0.29) is 0 Å². The van der Waals surface area contributed by atoms with Gasteiger partial charge in [0.2, 0.25) is 0 Å². The van der Waals surface area contributed by atoms with E-state index >= 15 is 0 Å². The Balaban J connectivity index is 2.42. The molecule has 0 aliphatic heterocycles. The van der Waals surface area contributed by atoms with Crippen molar-refractivity contribution < 1.29 is 15.0 Å². The number of fused-ring (bicyclic) bond motifs is 1. The van der Waals surface area contributed by atoms with Gasteiger partial charge in [0.05, 0.1) is 12.1 Å². The largest absolute Gasteiger partial charge is 0.465 e. The summed E-state index contributed by atoms with van der Waals surface area (Å²) in [5.41, 5.74) is 1.70. The van der Waals surface area contributed by atoms with Crippen molar-refractivity contribution in [2.45, 2.75) is 25.0 Å². The number of carboxylic acid groups (broad SMARTS) is 1. The highest BCUT2D eigenvalue weighted by Crippen LogP contribution is 2.34. The Kier molecular flexibility index (Phi) is 3.03. The molecule has 1 aliphatic carbocycles. The van der Waals surface area contributed by atoms with E-state index in [2.05, 4.69) is 5.32 Å². The zero-order valence-corrected chi connectivity index (χ0v) is 9.24. The van der Waals surface area contributed by atoms with Crippen LogP contribution in [0.2, 0.25) is 5.02 Å². The Morgan fingerprint density at radius 1 is 1.50 bits per heavy atom. The van der Waals surface area contributed by atoms with E-state index in [0.717, 1.165) is 12.0 Å². The van der Waals surface area contributed by atoms with Gasteiger partial charge in [-0.2, -0.15) is 0 Å². The monoisotopic (exact) mass is 241 g/mol. The van der Waals surface area contributed by atoms with Gasteiger partial charge in [-0.25, -0.2) is 4.79 Å². The minimum absolute atomic E-state index is 0.495. The first-order valence-corrected chi connectivity index (χ1v) is 5.42. The molecule has 0 bridgehead atoms. The Morgan fingerprint density at radius 2 is 2.25 bits per heavy atom. The van der Waals surface area contributed by atoms with E-state index in [4.69, 9.17) is 16.7 Å². The molecule has 2 atom stereocenters. The van der Waals surface area contributed by atoms with Crippen molar-refractivity contribution in [2.75, 3.05) is 0 Å². The predicted molar refractivity (Wildman–Crippen MR) is 59.7 cm³/mol. The van der Waals surface area contributed by atoms with E-state index in [9.17, 15) is 9.90 Å². The highest BCUT2D eigenvalue weighted by atomic mass is 35.5. The number of hydrogen-bond acceptors (Lipinski definition) is 2. The van der Waals surface area contributed by atoms with Crippen molar-refractivity contribution in [3.05, 3.63) is 34.3 Å². The number of hydrogen-bond donors (Lipinski definition) is 3. The standard InChI is InChI=1S/C11H12ClNO3/c12-7-3-1-2-6-4-5-8(14)10(9(6)7)13-11(15)16/h1-3,8,10,13-14H,4-5H2,(H,15,16). The summed E-state index contributed by atoms with van der Waals surface area (Å²) in [6.07, 6.45) is -0.618. The lowest BCUT2D eigenvalue weighted by molar-refractivity contribution is 0.105. The number of nitrogens with one attached hydrogen (secondary N) is 1. The molecule has 1 aromatic rings. The Labute approximate surface area is 97.9 Å². The fourth-order valence-corrected chi connectivity index (χ4v) is 2.42. The molecule has 0 aromatic heterocycles. The number of benzene rings is 1. The lowest BCUT2D eigenvalue weighted by Crippen LogP contribution is -2.38. The van der Waals surface area contributed by atoms with Gasteiger partial charge < -0.3 is 15.5 Å². The van der Waals surface area contributed by atoms with Crippen molar-refractivity contribution in [1.29, 1.82) is 0 Å². The van der Waals surface area contributed by atoms with Crippen LogP contribution in [0, 0.1) is 0 Å². The summed E-state index contributed by atoms with van der Waals surface area (Å²) in [7, 11) is 0. The third-order valence-corrected chi connectivity index (χ3v) is 3.16. The third-order valence-electron chi connectivity index (χ3n) is 2.83. The van der Waals surface area contributed by atoms with Gasteiger partial charge >= 0.3 is 6.09 Å². The lowest BCUT2D eigenvalue weighted by atomic mass is 9.85. The first-order chi connectivity index (χ1) is 7.59. The fraction of sp³-hybridized carbons (Fsp3) is 0.364. The Hall–Kier alpha value is -1.26. The van der Waals surface area contributed by atoms with Crippen LogP contribution in [0.3, 0.4) is 0 Å². The smallest absolute Gasteiger partial charge is 0.405 e. The summed E-state index contributed by atoms with van der Waals surface area (Å²) in [6, 6.07) is 4.81. The number of aryl methyl sites for hydroxylation is 1. The Bertz CT molecular complexity index is 422. The number of aliphatic hydroxyl groups is 1. The minimum atomic E-state index is -1.16. The van der Waals surface area contributed by atoms with Crippen LogP contribution in [-0.2, 0) is 6.42 Å². The molecule has 0 fully saturated rings. The molecule has 0 radical (unpaired) electrons. The molecule has 2 rings (SSSR count). The second kappa shape index (κ2) is 4.31. The maximum atomic E-state index is 10.7. The van der Waals surface area contributed by atoms with Gasteiger partial charge in [0, 0.05) is 5.02 Å². The molecule has 3 N–H and O–H groups in total. The number of rotatable bonds is 1. The SMILES string of the molecule is O=C(O)NC1c2c(Cl)cccc2CCC1O. The van der Waals surface area contributed by atoms with Gasteiger partial charge in [0.1, 0.15) is 0 Å². The quantitative estimate of drug-likeness (QED) is 0.704. The van der Waals surface area contributed by atoms with Crippen molar-refractivity contribution in [2.24, 2.45) is 0 Å². The molecular formula is C11H12ClNO3. The van der Waals surface area contributed by atoms with Crippen LogP contribution in [0.1, 0.15) is 23.6 Å². The summed E-state index contributed by atoms with van der Waals surface area (Å²) < 4.78 is 0. The fourth-order valence-electron chi connectivity index (χ4n) is 2.11. The highest BCUT2D eigenvalue weighted by molar-refractivity contribution is 6.31. The summed E-state index contributed by atoms with van der Waals surface area (Å²) in [6.45, 7) is 0. The third kappa shape index (κ3) is 1.99. The number of carbonyl (C=O) groups is 1. The number of amides is 1. The van der Waals surface area contributed by atoms with Gasteiger partial charge in [-0.15, -0.1) is 0 Å². The second-order valence-corrected chi connectivity index (χ2v) is 4.25. The molecule has 5 heteroatoms. The number of aliphatic hydroxyl groups excluding tert-OH is 1. The van der Waals surface area contributed by atoms with Gasteiger partial charge in [0.25, 0.3) is 0 Å². The summed E-state index contributed by atoms with van der Waals surface area (Å²) in [4.78, 5) is 10.7. The molecule has 16 heavy (non-hydrogen) atoms. The Morgan fingerprint density at radius 3 is 2.94 bits per heavy atom. The maximum absolute atomic E-state index is 10.7. The van der Waals surface area contributed by atoms with Crippen molar-refractivity contribution in [1.82, 2.24) is 5.32 Å². The second-order valence-electron chi connectivity index (χ2n) is 3.85. The van der Waals surface area contributed by atoms with Crippen LogP contribution < -0.4 is 5.32 Å². The molecule has 0 heterocycles. The molecule has 4 nitrogen and oxygen atoms in total. The van der Waals surface area contributed by atoms with E-state index in [1.54, 1.807) is 6.07 Å². The van der Waals surface area contributed by atoms with Crippen molar-refractivity contribution in [3.63, 3.8) is 0 Å². The van der Waals surface area contributed by atoms with E-state index in [1.165, 1.54) is 0 Å². The zero-order valence-electron chi connectivity index (χ0n) is 8.48. The first-order valence-electron chi connectivity index (χ1n) is 5.04. The van der Waals surface area contributed by atoms with Crippen LogP contribution in [0.5, 0.6) is 0 Å². The first kappa shape index (κ1) is 11.2. The summed E-state index contributed by atoms with van der Waals surface area (Å²) in [5, 5.41) is 21.3. The highest BCUT2D eigenvalue weighted by Gasteiger charge is 2.30. The van der Waals surface area contributed by atoms with Crippen LogP contribution in [0.25, 0.3) is 0 Å². The van der Waals surface area contributed by atoms with Crippen LogP contribution in [0.15, 0.2) is 18.2 Å². The molecule has 0 saturated heterocycles. The van der Waals surface area contributed by atoms with Gasteiger partial charge in [-0.1, -0.05) is 23.7 Å². The van der Waals surface area contributed by atoms with Crippen LogP contribution in [0.4, 0.5) is 4.79 Å². The number of halogens is 1. The van der Waals surface area contributed by atoms with Crippen LogP contribution >= 0.6 is 11.6 Å². The van der Waals surface area contributed by atoms with Crippen molar-refractivity contribution >= 4 is 17.7 Å². The molecule has 1 amide bonds. The molecule has 0 saturated carbocycles. The average Bonchev–Trinajstić information content (AvgIpc) is 2.22. The van der Waals surface area contributed by atoms with Crippen molar-refractivity contribution in [3.8, 4) is 0 Å². The molecule has 2 unspecified atom stereocenters. The molecular weight excluding hydrogens is 230 g/mol. The zero-order chi connectivity index (χ0) is 11.7. The normalized spacial score (nSPS) is 23.6. The lowest BCUT2D eigenvalue weighted by Gasteiger charge is -2.30. The van der Waals surface area contributed by atoms with Gasteiger partial charge in [-0.05, 0) is 30.0 Å². The van der Waals surface area contributed by atoms with E-state index < -0.39 is 18.2 Å². The van der Waals surface area contributed by atoms with Gasteiger partial charge in [0.15, 0.2) is 0 Å². The minimum Gasteiger partial charge on any atom is -0.465 e. The molecule has 86 valence electrons. The topological polar surface area (TPSA) is 69.6 Å². The molecule has 1 aliphatic rings. The van der Waals surface area contributed by atoms with Gasteiger partial charge in [-0.3, -0.25) is 0 Å². The average molecular weight is 242 g/mol. The molecule has 1 aromatic carbocycles. The summed E-state index contributed by atoms with van der Waals surface area (Å²) >= 11 is 6.04.